The molecule has 0 aromatic carbocycles. The first-order valence-electron chi connectivity index (χ1n) is 10.6. The molecule has 10 nitrogen and oxygen atoms in total. The third-order valence-electron chi connectivity index (χ3n) is 5.54. The van der Waals surface area contributed by atoms with E-state index >= 15 is 0 Å². The number of rotatable bonds is 6. The zero-order chi connectivity index (χ0) is 22.8. The summed E-state index contributed by atoms with van der Waals surface area (Å²) in [6.07, 6.45) is 11.7. The molecule has 5 rings (SSSR count). The molecule has 0 bridgehead atoms. The second-order valence-corrected chi connectivity index (χ2v) is 8.68. The summed E-state index contributed by atoms with van der Waals surface area (Å²) in [6.45, 7) is 4.22. The molecule has 0 radical (unpaired) electrons. The van der Waals surface area contributed by atoms with Crippen LogP contribution in [0, 0.1) is 5.41 Å². The number of amides is 1. The number of ether oxygens (including phenoxy) is 1. The van der Waals surface area contributed by atoms with Gasteiger partial charge in [-0.15, -0.1) is 11.3 Å². The molecule has 0 unspecified atom stereocenters. The number of H-pyrrole nitrogens is 1. The van der Waals surface area contributed by atoms with Gasteiger partial charge in [0, 0.05) is 43.6 Å². The van der Waals surface area contributed by atoms with E-state index in [1.165, 1.54) is 23.1 Å². The molecular weight excluding hydrogens is 440 g/mol. The van der Waals surface area contributed by atoms with Crippen LogP contribution in [0.25, 0.3) is 17.1 Å². The molecule has 33 heavy (non-hydrogen) atoms. The predicted octanol–water partition coefficient (Wildman–Crippen LogP) is 1.85. The Bertz CT molecular complexity index is 1260. The number of morpholine rings is 1. The van der Waals surface area contributed by atoms with E-state index < -0.39 is 5.91 Å². The van der Waals surface area contributed by atoms with E-state index in [0.717, 1.165) is 55.6 Å². The van der Waals surface area contributed by atoms with Gasteiger partial charge in [-0.05, 0) is 18.6 Å². The highest BCUT2D eigenvalue weighted by atomic mass is 32.1. The van der Waals surface area contributed by atoms with Crippen LogP contribution in [0.4, 0.5) is 0 Å². The van der Waals surface area contributed by atoms with Crippen molar-refractivity contribution in [3.05, 3.63) is 64.2 Å². The number of hydrogen-bond acceptors (Lipinski definition) is 8. The van der Waals surface area contributed by atoms with Gasteiger partial charge in [0.15, 0.2) is 10.8 Å². The van der Waals surface area contributed by atoms with Gasteiger partial charge < -0.3 is 20.8 Å². The summed E-state index contributed by atoms with van der Waals surface area (Å²) in [6, 6.07) is 0. The fourth-order valence-corrected chi connectivity index (χ4v) is 4.53. The summed E-state index contributed by atoms with van der Waals surface area (Å²) >= 11 is 1.44. The van der Waals surface area contributed by atoms with Crippen LogP contribution in [0.3, 0.4) is 0 Å². The van der Waals surface area contributed by atoms with E-state index in [4.69, 9.17) is 15.9 Å². The molecular formula is C22H24N8O2S. The quantitative estimate of drug-likeness (QED) is 0.411. The van der Waals surface area contributed by atoms with Gasteiger partial charge in [0.1, 0.15) is 11.4 Å². The molecule has 0 spiro atoms. The van der Waals surface area contributed by atoms with Crippen molar-refractivity contribution in [3.8, 4) is 0 Å². The number of nitrogens with one attached hydrogen (secondary N) is 3. The van der Waals surface area contributed by atoms with Gasteiger partial charge in [-0.1, -0.05) is 11.6 Å². The summed E-state index contributed by atoms with van der Waals surface area (Å²) in [4.78, 5) is 27.8. The molecule has 5 N–H and O–H groups in total. The van der Waals surface area contributed by atoms with E-state index in [-0.39, 0.29) is 17.1 Å². The molecule has 0 atom stereocenters. The Kier molecular flexibility index (Phi) is 5.90. The zero-order valence-electron chi connectivity index (χ0n) is 17.9. The zero-order valence-corrected chi connectivity index (χ0v) is 18.7. The Morgan fingerprint density at radius 2 is 2.21 bits per heavy atom. The highest BCUT2D eigenvalue weighted by molar-refractivity contribution is 7.15. The minimum absolute atomic E-state index is 0.00326. The van der Waals surface area contributed by atoms with E-state index in [1.807, 2.05) is 17.7 Å². The van der Waals surface area contributed by atoms with Crippen LogP contribution < -0.4 is 11.1 Å². The van der Waals surface area contributed by atoms with Crippen molar-refractivity contribution in [2.24, 2.45) is 5.73 Å². The average molecular weight is 465 g/mol. The average Bonchev–Trinajstić information content (AvgIpc) is 3.50. The fraction of sp³-hybridized carbons (Fsp3) is 0.273. The van der Waals surface area contributed by atoms with Crippen molar-refractivity contribution in [2.75, 3.05) is 32.8 Å². The lowest BCUT2D eigenvalue weighted by molar-refractivity contribution is 0.0422. The molecule has 1 aliphatic carbocycles. The highest BCUT2D eigenvalue weighted by Crippen LogP contribution is 2.21. The Labute approximate surface area is 194 Å². The topological polar surface area (TPSA) is 137 Å². The van der Waals surface area contributed by atoms with Crippen LogP contribution in [0.15, 0.2) is 41.3 Å². The molecule has 1 aliphatic heterocycles. The third-order valence-corrected chi connectivity index (χ3v) is 6.31. The van der Waals surface area contributed by atoms with Crippen molar-refractivity contribution in [3.63, 3.8) is 0 Å². The Morgan fingerprint density at radius 3 is 3.00 bits per heavy atom. The van der Waals surface area contributed by atoms with Crippen molar-refractivity contribution < 1.29 is 9.53 Å². The monoisotopic (exact) mass is 464 g/mol. The SMILES string of the molecule is N=C(/C(=C\N)NC(=O)c1cn2ccsc2n1)c1nc2c([nH]1)C=CCC(CN1CCOCC1)=C2. The standard InChI is InChI=1S/C22H24N8O2S/c23-11-17(27-21(31)18-13-30-6-9-33-22(30)28-18)19(24)20-25-15-3-1-2-14(10-16(15)26-20)12-29-4-7-32-8-5-29/h1,3,6,9-11,13,24H,2,4-5,7-8,12,23H2,(H,25,26)(H,27,31)/b17-11+,24-19?. The third kappa shape index (κ3) is 4.51. The predicted molar refractivity (Wildman–Crippen MR) is 127 cm³/mol. The highest BCUT2D eigenvalue weighted by Gasteiger charge is 2.20. The molecule has 4 heterocycles. The minimum atomic E-state index is -0.437. The molecule has 1 amide bonds. The van der Waals surface area contributed by atoms with Crippen molar-refractivity contribution in [1.82, 2.24) is 29.6 Å². The first-order valence-corrected chi connectivity index (χ1v) is 11.5. The molecule has 3 aromatic heterocycles. The number of nitrogens with two attached hydrogens (primary N) is 1. The minimum Gasteiger partial charge on any atom is -0.403 e. The van der Waals surface area contributed by atoms with Crippen LogP contribution in [-0.4, -0.2) is 68.7 Å². The van der Waals surface area contributed by atoms with Gasteiger partial charge in [0.2, 0.25) is 0 Å². The van der Waals surface area contributed by atoms with E-state index in [1.54, 1.807) is 10.6 Å². The molecule has 1 fully saturated rings. The fourth-order valence-electron chi connectivity index (χ4n) is 3.83. The lowest BCUT2D eigenvalue weighted by Crippen LogP contribution is -2.37. The molecule has 1 saturated heterocycles. The number of allylic oxidation sites excluding steroid dienone is 2. The van der Waals surface area contributed by atoms with Gasteiger partial charge in [-0.25, -0.2) is 9.97 Å². The lowest BCUT2D eigenvalue weighted by atomic mass is 10.1. The molecule has 11 heteroatoms. The number of fused-ring (bicyclic) bond motifs is 2. The maximum Gasteiger partial charge on any atom is 0.276 e. The van der Waals surface area contributed by atoms with Gasteiger partial charge in [-0.3, -0.25) is 19.5 Å². The van der Waals surface area contributed by atoms with Crippen molar-refractivity contribution in [1.29, 1.82) is 5.41 Å². The summed E-state index contributed by atoms with van der Waals surface area (Å²) in [5.41, 5.74) is 8.98. The normalized spacial score (nSPS) is 17.0. The summed E-state index contributed by atoms with van der Waals surface area (Å²) in [7, 11) is 0. The van der Waals surface area contributed by atoms with E-state index in [0.29, 0.717) is 5.82 Å². The van der Waals surface area contributed by atoms with Crippen LogP contribution >= 0.6 is 11.3 Å². The number of hydrogen-bond donors (Lipinski definition) is 4. The number of thiazole rings is 1. The van der Waals surface area contributed by atoms with Crippen molar-refractivity contribution >= 4 is 40.1 Å². The maximum absolute atomic E-state index is 12.6. The molecule has 0 saturated carbocycles. The van der Waals surface area contributed by atoms with E-state index in [2.05, 4.69) is 37.3 Å². The number of imidazole rings is 2. The number of nitrogens with zero attached hydrogens (tertiary/aromatic N) is 4. The Balaban J connectivity index is 1.31. The number of aromatic nitrogens is 4. The largest absolute Gasteiger partial charge is 0.403 e. The maximum atomic E-state index is 12.6. The first kappa shape index (κ1) is 21.3. The first-order chi connectivity index (χ1) is 16.1. The number of aromatic amines is 1. The van der Waals surface area contributed by atoms with Crippen LogP contribution in [0.5, 0.6) is 0 Å². The summed E-state index contributed by atoms with van der Waals surface area (Å²) in [5, 5.41) is 13.1. The van der Waals surface area contributed by atoms with Crippen LogP contribution in [-0.2, 0) is 4.74 Å². The van der Waals surface area contributed by atoms with Crippen molar-refractivity contribution in [2.45, 2.75) is 6.42 Å². The van der Waals surface area contributed by atoms with Gasteiger partial charge in [0.25, 0.3) is 5.91 Å². The summed E-state index contributed by atoms with van der Waals surface area (Å²) in [5.74, 6) is -0.107. The Hall–Kier alpha value is -3.54. The van der Waals surface area contributed by atoms with Crippen LogP contribution in [0.2, 0.25) is 0 Å². The second-order valence-electron chi connectivity index (χ2n) is 7.81. The van der Waals surface area contributed by atoms with E-state index in [9.17, 15) is 4.79 Å². The number of carbonyl (C=O) groups excluding carboxylic acids is 1. The summed E-state index contributed by atoms with van der Waals surface area (Å²) < 4.78 is 7.20. The molecule has 170 valence electrons. The Morgan fingerprint density at radius 1 is 1.36 bits per heavy atom. The van der Waals surface area contributed by atoms with Gasteiger partial charge in [0.05, 0.1) is 30.3 Å². The van der Waals surface area contributed by atoms with Gasteiger partial charge in [-0.2, -0.15) is 0 Å². The molecule has 2 aliphatic rings. The smallest absolute Gasteiger partial charge is 0.276 e. The lowest BCUT2D eigenvalue weighted by Gasteiger charge is -2.27. The molecule has 3 aromatic rings. The number of carbonyl (C=O) groups is 1. The van der Waals surface area contributed by atoms with Gasteiger partial charge >= 0.3 is 0 Å². The second kappa shape index (κ2) is 9.14. The van der Waals surface area contributed by atoms with Crippen LogP contribution in [0.1, 0.15) is 34.1 Å².